The van der Waals surface area contributed by atoms with Gasteiger partial charge in [0.1, 0.15) is 34.8 Å². The van der Waals surface area contributed by atoms with Gasteiger partial charge in [-0.3, -0.25) is 18.7 Å². The minimum atomic E-state index is -4.73. The molecule has 4 aliphatic rings. The molecule has 0 spiro atoms. The Hall–Kier alpha value is -9.98. The number of nitrogens with zero attached hydrogens (tertiary/aromatic N) is 17. The van der Waals surface area contributed by atoms with E-state index in [-0.39, 0.29) is 73.4 Å². The Morgan fingerprint density at radius 3 is 1.48 bits per heavy atom. The number of imide groups is 2. The van der Waals surface area contributed by atoms with E-state index in [1.54, 1.807) is 12.1 Å². The third-order valence-electron chi connectivity index (χ3n) is 16.2. The highest BCUT2D eigenvalue weighted by Gasteiger charge is 2.44. The van der Waals surface area contributed by atoms with Crippen molar-refractivity contribution in [2.24, 2.45) is 20.5 Å². The summed E-state index contributed by atoms with van der Waals surface area (Å²) in [5, 5.41) is 46.4. The normalized spacial score (nSPS) is 15.4. The first-order chi connectivity index (χ1) is 47.1. The van der Waals surface area contributed by atoms with Gasteiger partial charge in [0.25, 0.3) is 32.1 Å². The smallest absolute Gasteiger partial charge is 0.334 e. The maximum atomic E-state index is 13.8. The summed E-state index contributed by atoms with van der Waals surface area (Å²) in [7, 11) is -9.45. The largest absolute Gasteiger partial charge is 0.396 e. The van der Waals surface area contributed by atoms with Crippen molar-refractivity contribution < 1.29 is 50.2 Å². The lowest BCUT2D eigenvalue weighted by Gasteiger charge is -2.27. The molecule has 0 aliphatic carbocycles. The summed E-state index contributed by atoms with van der Waals surface area (Å²) < 4.78 is 67.2. The number of nitrogens with one attached hydrogen (secondary N) is 2. The number of hydrogen-bond donors (Lipinski definition) is 5. The van der Waals surface area contributed by atoms with Crippen molar-refractivity contribution >= 4 is 158 Å². The Morgan fingerprint density at radius 1 is 0.612 bits per heavy atom. The zero-order chi connectivity index (χ0) is 69.6. The minimum Gasteiger partial charge on any atom is -0.396 e. The average molecular weight is 1420 g/mol. The van der Waals surface area contributed by atoms with Crippen molar-refractivity contribution in [2.45, 2.75) is 81.2 Å². The number of piperidine rings is 2. The number of carbonyl (C=O) groups excluding carboxylic acids is 4. The average Bonchev–Trinajstić information content (AvgIpc) is 1.61. The molecule has 30 nitrogen and oxygen atoms in total. The van der Waals surface area contributed by atoms with E-state index in [1.807, 2.05) is 67.8 Å². The zero-order valence-corrected chi connectivity index (χ0v) is 57.2. The summed E-state index contributed by atoms with van der Waals surface area (Å²) in [6.07, 6.45) is 8.10. The molecule has 98 heavy (non-hydrogen) atoms. The maximum Gasteiger partial charge on any atom is 0.334 e. The summed E-state index contributed by atoms with van der Waals surface area (Å²) in [6.45, 7) is 21.1. The molecule has 3 aromatic heterocycles. The van der Waals surface area contributed by atoms with Crippen LogP contribution in [0.5, 0.6) is 0 Å². The molecule has 35 heteroatoms. The van der Waals surface area contributed by atoms with E-state index in [4.69, 9.17) is 41.7 Å². The molecule has 2 saturated heterocycles. The van der Waals surface area contributed by atoms with Crippen LogP contribution in [0.4, 0.5) is 67.9 Å². The summed E-state index contributed by atoms with van der Waals surface area (Å²) in [5.74, 6) is -2.73. The second kappa shape index (κ2) is 29.8. The Balaban J connectivity index is 0.928. The molecule has 2 fully saturated rings. The Labute approximate surface area is 575 Å². The van der Waals surface area contributed by atoms with Crippen LogP contribution in [-0.2, 0) is 20.2 Å². The van der Waals surface area contributed by atoms with Crippen LogP contribution in [0.15, 0.2) is 120 Å². The number of azo groups is 2. The molecule has 0 saturated carbocycles. The van der Waals surface area contributed by atoms with Gasteiger partial charge in [0.05, 0.1) is 59.8 Å². The highest BCUT2D eigenvalue weighted by Crippen LogP contribution is 2.43. The number of thiazole rings is 2. The lowest BCUT2D eigenvalue weighted by molar-refractivity contribution is 0.0695. The lowest BCUT2D eigenvalue weighted by atomic mass is 10.1. The summed E-state index contributed by atoms with van der Waals surface area (Å²) >= 11 is 3.29. The molecule has 7 heterocycles. The van der Waals surface area contributed by atoms with Crippen LogP contribution in [0, 0.1) is 17.9 Å². The van der Waals surface area contributed by atoms with Gasteiger partial charge in [-0.1, -0.05) is 41.0 Å². The molecule has 11 rings (SSSR count). The van der Waals surface area contributed by atoms with Crippen molar-refractivity contribution in [3.63, 3.8) is 0 Å². The van der Waals surface area contributed by atoms with E-state index < -0.39 is 53.7 Å². The Kier molecular flexibility index (Phi) is 21.1. The first-order valence-corrected chi connectivity index (χ1v) is 36.5. The highest BCUT2D eigenvalue weighted by atomic mass is 32.2. The molecule has 5 N–H and O–H groups in total. The van der Waals surface area contributed by atoms with Crippen LogP contribution in [0.2, 0.25) is 0 Å². The molecular formula is C63H63N19O11S5. The fraction of sp³-hybridized carbons (Fsp3) is 0.317. The highest BCUT2D eigenvalue weighted by molar-refractivity contribution is 7.99. The number of thioether (sulfide) groups is 1. The van der Waals surface area contributed by atoms with Gasteiger partial charge in [0.2, 0.25) is 28.0 Å². The second-order valence-corrected chi connectivity index (χ2v) is 28.1. The zero-order valence-electron chi connectivity index (χ0n) is 53.1. The summed E-state index contributed by atoms with van der Waals surface area (Å²) in [6, 6.07) is 19.0. The van der Waals surface area contributed by atoms with Gasteiger partial charge in [0.15, 0.2) is 5.16 Å². The molecule has 0 atom stereocenters. The van der Waals surface area contributed by atoms with E-state index in [9.17, 15) is 55.5 Å². The maximum absolute atomic E-state index is 13.8. The number of aliphatic hydroxyl groups is 1. The lowest BCUT2D eigenvalue weighted by Crippen LogP contribution is -2.30. The van der Waals surface area contributed by atoms with Crippen molar-refractivity contribution in [3.05, 3.63) is 128 Å². The van der Waals surface area contributed by atoms with Gasteiger partial charge in [-0.15, -0.1) is 20.5 Å². The second-order valence-electron chi connectivity index (χ2n) is 22.2. The van der Waals surface area contributed by atoms with Crippen LogP contribution < -0.4 is 30.2 Å². The number of anilines is 8. The molecule has 7 aromatic rings. The topological polar surface area (TPSA) is 383 Å². The first-order valence-electron chi connectivity index (χ1n) is 31.0. The van der Waals surface area contributed by atoms with Crippen LogP contribution in [-0.4, -0.2) is 154 Å². The van der Waals surface area contributed by atoms with Gasteiger partial charge >= 0.3 is 11.8 Å². The van der Waals surface area contributed by atoms with E-state index in [0.29, 0.717) is 106 Å². The number of allylic oxidation sites excluding steroid dienone is 1. The SMILES string of the molecule is [C-]#[N+]/C(=C\c1sc(/N=N/c2ccc(N(CC)CC)cc2Nc2nc(Nc3cc(N(CC)CC)ccc3/N=N/c3nc(N4CCCCC4)c(/C=C(\C#N)N4C(=O)c5ccc(S(=O)(=O)O)cc5C4=O)s3)nc(SCCO)n2)nc1N1CCCCC1)N1C(=O)c2ccc(S(=O)(=O)O)cc2C1=O. The van der Waals surface area contributed by atoms with Gasteiger partial charge in [-0.2, -0.15) is 51.9 Å². The molecular weight excluding hydrogens is 1360 g/mol. The predicted molar refractivity (Wildman–Crippen MR) is 371 cm³/mol. The van der Waals surface area contributed by atoms with Crippen molar-refractivity contribution in [1.82, 2.24) is 34.7 Å². The standard InChI is InChI=1S/C63H63N19O11S5/c1-6-77(7-2)37-16-22-46(73-75-62-68-53(79-24-12-10-13-25-79)50(95-62)32-39(36-64)81-55(84)42-20-18-40(97(88,89)90)33-44(42)57(81)86)48(30-37)66-59-70-60(72-61(71-59)94-29-28-83)67-49-31-38(78(8-3)9-4)17-23-47(49)74-76-63-69-54(80-26-14-11-15-27-80)51(96-63)35-52(65-5)82-56(85)43-21-19-41(98(91,92)93)34-45(43)58(82)87/h16-23,30-35,83H,6-15,24-29H2,1-4H3,(H,88,89,90)(H,91,92,93)(H2,66,67,70,71,72)/b39-32+,52-35+,75-73+,76-74+. The predicted octanol–water partition coefficient (Wildman–Crippen LogP) is 12.0. The number of carbonyl (C=O) groups is 4. The first kappa shape index (κ1) is 69.4. The number of rotatable bonds is 25. The van der Waals surface area contributed by atoms with Crippen LogP contribution in [0.25, 0.3) is 17.0 Å². The monoisotopic (exact) mass is 1420 g/mol. The van der Waals surface area contributed by atoms with Gasteiger partial charge in [0, 0.05) is 69.5 Å². The van der Waals surface area contributed by atoms with Crippen LogP contribution in [0.3, 0.4) is 0 Å². The van der Waals surface area contributed by atoms with Gasteiger partial charge in [-0.25, -0.2) is 14.5 Å². The molecule has 0 bridgehead atoms. The number of aromatic nitrogens is 5. The van der Waals surface area contributed by atoms with E-state index in [2.05, 4.69) is 35.5 Å². The third-order valence-corrected chi connectivity index (χ3v) is 20.5. The molecule has 4 aromatic carbocycles. The van der Waals surface area contributed by atoms with Gasteiger partial charge in [-0.05, 0) is 151 Å². The van der Waals surface area contributed by atoms with Crippen molar-refractivity contribution in [2.75, 3.05) is 95.0 Å². The summed E-state index contributed by atoms with van der Waals surface area (Å²) in [5.41, 5.74) is 1.89. The van der Waals surface area contributed by atoms with Crippen LogP contribution in [0.1, 0.15) is 117 Å². The van der Waals surface area contributed by atoms with Gasteiger partial charge < -0.3 is 40.2 Å². The summed E-state index contributed by atoms with van der Waals surface area (Å²) in [4.78, 5) is 91.9. The number of amides is 4. The minimum absolute atomic E-state index is 0.0658. The number of fused-ring (bicyclic) bond motifs is 2. The van der Waals surface area contributed by atoms with Crippen molar-refractivity contribution in [3.8, 4) is 6.07 Å². The van der Waals surface area contributed by atoms with Crippen molar-refractivity contribution in [1.29, 1.82) is 5.26 Å². The van der Waals surface area contributed by atoms with Crippen LogP contribution >= 0.6 is 34.4 Å². The third kappa shape index (κ3) is 14.9. The fourth-order valence-electron chi connectivity index (χ4n) is 11.4. The van der Waals surface area contributed by atoms with E-state index in [0.717, 1.165) is 109 Å². The fourth-order valence-corrected chi connectivity index (χ4v) is 14.7. The van der Waals surface area contributed by atoms with E-state index >= 15 is 0 Å². The molecule has 0 unspecified atom stereocenters. The number of benzene rings is 4. The molecule has 506 valence electrons. The molecule has 4 aliphatic heterocycles. The number of aliphatic hydroxyl groups excluding tert-OH is 1. The Morgan fingerprint density at radius 2 is 1.05 bits per heavy atom. The number of nitriles is 1. The quantitative estimate of drug-likeness (QED) is 0.00886. The number of hydrogen-bond acceptors (Lipinski definition) is 28. The molecule has 4 amide bonds. The van der Waals surface area contributed by atoms with E-state index in [1.165, 1.54) is 23.9 Å². The molecule has 0 radical (unpaired) electrons. The Bertz CT molecular complexity index is 4480.